The van der Waals surface area contributed by atoms with E-state index in [2.05, 4.69) is 14.7 Å². The van der Waals surface area contributed by atoms with Crippen LogP contribution in [-0.2, 0) is 14.8 Å². The zero-order valence-corrected chi connectivity index (χ0v) is 14.2. The van der Waals surface area contributed by atoms with Crippen molar-refractivity contribution in [2.24, 2.45) is 5.92 Å². The number of benzene rings is 1. The fraction of sp³-hybridized carbons (Fsp3) is 0.375. The number of sulfonamides is 1. The average Bonchev–Trinajstić information content (AvgIpc) is 2.53. The van der Waals surface area contributed by atoms with Crippen LogP contribution in [0, 0.1) is 5.92 Å². The molecule has 2 rings (SSSR count). The van der Waals surface area contributed by atoms with E-state index < -0.39 is 10.0 Å². The summed E-state index contributed by atoms with van der Waals surface area (Å²) in [4.78, 5) is 8.44. The monoisotopic (exact) mass is 335 g/mol. The Morgan fingerprint density at radius 3 is 2.48 bits per heavy atom. The molecule has 0 bridgehead atoms. The number of ether oxygens (including phenoxy) is 1. The van der Waals surface area contributed by atoms with Crippen LogP contribution in [0.3, 0.4) is 0 Å². The lowest BCUT2D eigenvalue weighted by Gasteiger charge is -2.19. The first-order valence-electron chi connectivity index (χ1n) is 7.33. The summed E-state index contributed by atoms with van der Waals surface area (Å²) in [6.45, 7) is 3.84. The third kappa shape index (κ3) is 5.01. The molecule has 7 heteroatoms. The first-order chi connectivity index (χ1) is 10.9. The van der Waals surface area contributed by atoms with E-state index in [1.807, 2.05) is 44.2 Å². The predicted molar refractivity (Wildman–Crippen MR) is 90.5 cm³/mol. The van der Waals surface area contributed by atoms with Gasteiger partial charge in [0.25, 0.3) is 0 Å². The number of nitrogens with zero attached hydrogens (tertiary/aromatic N) is 2. The van der Waals surface area contributed by atoms with Crippen molar-refractivity contribution in [1.29, 1.82) is 0 Å². The van der Waals surface area contributed by atoms with Crippen LogP contribution in [0.25, 0.3) is 11.4 Å². The van der Waals surface area contributed by atoms with Crippen LogP contribution in [-0.4, -0.2) is 37.4 Å². The highest BCUT2D eigenvalue weighted by atomic mass is 32.2. The Morgan fingerprint density at radius 1 is 1.17 bits per heavy atom. The molecular weight excluding hydrogens is 314 g/mol. The predicted octanol–water partition coefficient (Wildman–Crippen LogP) is 2.56. The molecule has 124 valence electrons. The Labute approximate surface area is 137 Å². The maximum absolute atomic E-state index is 12.3. The summed E-state index contributed by atoms with van der Waals surface area (Å²) in [7, 11) is -2.04. The van der Waals surface area contributed by atoms with Gasteiger partial charge in [0.1, 0.15) is 5.82 Å². The average molecular weight is 335 g/mol. The molecule has 1 N–H and O–H groups in total. The minimum atomic E-state index is -3.56. The van der Waals surface area contributed by atoms with Gasteiger partial charge in [-0.15, -0.1) is 0 Å². The number of rotatable bonds is 7. The van der Waals surface area contributed by atoms with Crippen molar-refractivity contribution in [2.45, 2.75) is 20.0 Å². The molecule has 23 heavy (non-hydrogen) atoms. The summed E-state index contributed by atoms with van der Waals surface area (Å²) in [5.74, 6) is 0.698. The van der Waals surface area contributed by atoms with Crippen molar-refractivity contribution in [3.8, 4) is 11.4 Å². The van der Waals surface area contributed by atoms with Gasteiger partial charge in [0.05, 0.1) is 11.9 Å². The number of hydrogen-bond donors (Lipinski definition) is 1. The van der Waals surface area contributed by atoms with E-state index in [9.17, 15) is 8.42 Å². The molecule has 0 aliphatic rings. The van der Waals surface area contributed by atoms with Gasteiger partial charge in [-0.2, -0.15) is 0 Å². The molecule has 0 aliphatic carbocycles. The molecule has 1 atom stereocenters. The molecule has 1 aromatic carbocycles. The molecule has 0 aliphatic heterocycles. The summed E-state index contributed by atoms with van der Waals surface area (Å²) < 4.78 is 32.3. The van der Waals surface area contributed by atoms with Gasteiger partial charge in [0, 0.05) is 18.9 Å². The zero-order valence-electron chi connectivity index (χ0n) is 13.4. The summed E-state index contributed by atoms with van der Waals surface area (Å²) in [6.07, 6.45) is 1.16. The molecule has 6 nitrogen and oxygen atoms in total. The first kappa shape index (κ1) is 17.4. The quantitative estimate of drug-likeness (QED) is 0.841. The van der Waals surface area contributed by atoms with E-state index in [-0.39, 0.29) is 23.6 Å². The van der Waals surface area contributed by atoms with Crippen LogP contribution in [0.4, 0.5) is 5.82 Å². The second-order valence-electron chi connectivity index (χ2n) is 5.53. The molecule has 0 spiro atoms. The molecule has 0 amide bonds. The topological polar surface area (TPSA) is 81.2 Å². The van der Waals surface area contributed by atoms with E-state index in [1.165, 1.54) is 19.4 Å². The largest absolute Gasteiger partial charge is 0.380 e. The molecule has 0 radical (unpaired) electrons. The number of nitrogens with one attached hydrogen (secondary N) is 1. The lowest BCUT2D eigenvalue weighted by Crippen LogP contribution is -2.31. The lowest BCUT2D eigenvalue weighted by atomic mass is 10.1. The van der Waals surface area contributed by atoms with Crippen molar-refractivity contribution in [2.75, 3.05) is 17.6 Å². The first-order valence-corrected chi connectivity index (χ1v) is 8.98. The molecule has 0 fully saturated rings. The summed E-state index contributed by atoms with van der Waals surface area (Å²) >= 11 is 0. The molecule has 2 aromatic rings. The van der Waals surface area contributed by atoms with Crippen molar-refractivity contribution in [1.82, 2.24) is 9.97 Å². The van der Waals surface area contributed by atoms with Crippen molar-refractivity contribution >= 4 is 15.8 Å². The molecule has 1 aromatic heterocycles. The molecule has 0 saturated carbocycles. The van der Waals surface area contributed by atoms with Crippen LogP contribution >= 0.6 is 0 Å². The lowest BCUT2D eigenvalue weighted by molar-refractivity contribution is 0.0829. The van der Waals surface area contributed by atoms with E-state index in [1.54, 1.807) is 0 Å². The minimum absolute atomic E-state index is 0.0989. The standard InChI is InChI=1S/C16H21N3O3S/c1-12(2)14(22-3)11-23(20,21)19-15-9-10-17-16(18-15)13-7-5-4-6-8-13/h4-10,12,14H,11H2,1-3H3,(H,17,18,19). The van der Waals surface area contributed by atoms with E-state index in [0.717, 1.165) is 5.56 Å². The van der Waals surface area contributed by atoms with E-state index in [4.69, 9.17) is 4.74 Å². The number of aromatic nitrogens is 2. The maximum Gasteiger partial charge on any atom is 0.236 e. The van der Waals surface area contributed by atoms with Crippen molar-refractivity contribution < 1.29 is 13.2 Å². The van der Waals surface area contributed by atoms with Crippen LogP contribution in [0.2, 0.25) is 0 Å². The Hall–Kier alpha value is -1.99. The number of hydrogen-bond acceptors (Lipinski definition) is 5. The van der Waals surface area contributed by atoms with Gasteiger partial charge in [-0.1, -0.05) is 44.2 Å². The normalized spacial score (nSPS) is 13.0. The van der Waals surface area contributed by atoms with Crippen LogP contribution in [0.5, 0.6) is 0 Å². The molecular formula is C16H21N3O3S. The Morgan fingerprint density at radius 2 is 1.87 bits per heavy atom. The summed E-state index contributed by atoms with van der Waals surface area (Å²) in [5, 5.41) is 0. The fourth-order valence-electron chi connectivity index (χ4n) is 2.09. The van der Waals surface area contributed by atoms with Gasteiger partial charge in [-0.05, 0) is 12.0 Å². The van der Waals surface area contributed by atoms with Crippen molar-refractivity contribution in [3.05, 3.63) is 42.6 Å². The zero-order chi connectivity index (χ0) is 16.9. The minimum Gasteiger partial charge on any atom is -0.380 e. The highest BCUT2D eigenvalue weighted by molar-refractivity contribution is 7.92. The van der Waals surface area contributed by atoms with Gasteiger partial charge in [0.15, 0.2) is 5.82 Å². The Bertz CT molecular complexity index is 733. The van der Waals surface area contributed by atoms with Gasteiger partial charge in [-0.3, -0.25) is 4.72 Å². The second kappa shape index (κ2) is 7.52. The molecule has 1 unspecified atom stereocenters. The molecule has 0 saturated heterocycles. The van der Waals surface area contributed by atoms with Crippen LogP contribution in [0.1, 0.15) is 13.8 Å². The van der Waals surface area contributed by atoms with E-state index in [0.29, 0.717) is 5.82 Å². The third-order valence-corrected chi connectivity index (χ3v) is 4.67. The second-order valence-corrected chi connectivity index (χ2v) is 7.30. The smallest absolute Gasteiger partial charge is 0.236 e. The maximum atomic E-state index is 12.3. The van der Waals surface area contributed by atoms with Gasteiger partial charge in [0.2, 0.25) is 10.0 Å². The highest BCUT2D eigenvalue weighted by Gasteiger charge is 2.22. The van der Waals surface area contributed by atoms with Crippen LogP contribution < -0.4 is 4.72 Å². The third-order valence-electron chi connectivity index (χ3n) is 3.38. The highest BCUT2D eigenvalue weighted by Crippen LogP contribution is 2.17. The molecule has 1 heterocycles. The van der Waals surface area contributed by atoms with Gasteiger partial charge < -0.3 is 4.74 Å². The SMILES string of the molecule is COC(CS(=O)(=O)Nc1ccnc(-c2ccccc2)n1)C(C)C. The Balaban J connectivity index is 2.17. The fourth-order valence-corrected chi connectivity index (χ4v) is 3.56. The Kier molecular flexibility index (Phi) is 5.68. The van der Waals surface area contributed by atoms with Gasteiger partial charge in [-0.25, -0.2) is 18.4 Å². The number of methoxy groups -OCH3 is 1. The number of anilines is 1. The van der Waals surface area contributed by atoms with Crippen LogP contribution in [0.15, 0.2) is 42.6 Å². The van der Waals surface area contributed by atoms with Gasteiger partial charge >= 0.3 is 0 Å². The summed E-state index contributed by atoms with van der Waals surface area (Å²) in [6, 6.07) is 10.9. The van der Waals surface area contributed by atoms with E-state index >= 15 is 0 Å². The summed E-state index contributed by atoms with van der Waals surface area (Å²) in [5.41, 5.74) is 0.825. The van der Waals surface area contributed by atoms with Crippen molar-refractivity contribution in [3.63, 3.8) is 0 Å².